The van der Waals surface area contributed by atoms with Gasteiger partial charge in [0.1, 0.15) is 5.75 Å². The van der Waals surface area contributed by atoms with Gasteiger partial charge in [-0.2, -0.15) is 0 Å². The molecule has 0 saturated heterocycles. The Kier molecular flexibility index (Phi) is 4.71. The summed E-state index contributed by atoms with van der Waals surface area (Å²) >= 11 is 0. The number of nitrogens with two attached hydrogens (primary N) is 1. The van der Waals surface area contributed by atoms with Crippen molar-refractivity contribution in [1.82, 2.24) is 0 Å². The average Bonchev–Trinajstić information content (AvgIpc) is 2.41. The molecule has 0 aliphatic carbocycles. The number of hydrogen-bond acceptors (Lipinski definition) is 3. The fourth-order valence-electron chi connectivity index (χ4n) is 2.49. The van der Waals surface area contributed by atoms with Crippen LogP contribution in [0.5, 0.6) is 5.75 Å². The van der Waals surface area contributed by atoms with Gasteiger partial charge < -0.3 is 15.8 Å². The molecular weight excluding hydrogens is 276 g/mol. The van der Waals surface area contributed by atoms with Crippen molar-refractivity contribution >= 4 is 17.3 Å². The molecule has 3 N–H and O–H groups in total. The molecule has 0 aliphatic rings. The lowest BCUT2D eigenvalue weighted by atomic mass is 10.1. The predicted octanol–water partition coefficient (Wildman–Crippen LogP) is 3.52. The number of nitrogen functional groups attached to an aromatic ring is 1. The van der Waals surface area contributed by atoms with Crippen LogP contribution in [-0.4, -0.2) is 12.5 Å². The van der Waals surface area contributed by atoms with E-state index in [1.807, 2.05) is 45.9 Å². The number of anilines is 2. The highest BCUT2D eigenvalue weighted by Crippen LogP contribution is 2.24. The van der Waals surface area contributed by atoms with Crippen molar-refractivity contribution in [3.05, 3.63) is 52.6 Å². The quantitative estimate of drug-likeness (QED) is 0.849. The van der Waals surface area contributed by atoms with Crippen LogP contribution in [0, 0.1) is 27.7 Å². The first-order chi connectivity index (χ1) is 10.4. The highest BCUT2D eigenvalue weighted by Gasteiger charge is 2.09. The van der Waals surface area contributed by atoms with Crippen molar-refractivity contribution in [3.8, 4) is 5.75 Å². The number of amides is 1. The van der Waals surface area contributed by atoms with Crippen molar-refractivity contribution < 1.29 is 9.53 Å². The third-order valence-electron chi connectivity index (χ3n) is 3.49. The maximum absolute atomic E-state index is 12.1. The molecule has 2 aromatic carbocycles. The fourth-order valence-corrected chi connectivity index (χ4v) is 2.49. The number of ether oxygens (including phenoxy) is 1. The summed E-state index contributed by atoms with van der Waals surface area (Å²) in [4.78, 5) is 12.1. The van der Waals surface area contributed by atoms with Gasteiger partial charge in [-0.3, -0.25) is 4.79 Å². The van der Waals surface area contributed by atoms with Crippen molar-refractivity contribution in [2.24, 2.45) is 0 Å². The Hall–Kier alpha value is -2.49. The van der Waals surface area contributed by atoms with Crippen molar-refractivity contribution in [2.75, 3.05) is 17.7 Å². The van der Waals surface area contributed by atoms with E-state index in [4.69, 9.17) is 10.5 Å². The van der Waals surface area contributed by atoms with E-state index in [9.17, 15) is 4.79 Å². The summed E-state index contributed by atoms with van der Waals surface area (Å²) in [5, 5.41) is 2.83. The van der Waals surface area contributed by atoms with E-state index < -0.39 is 0 Å². The van der Waals surface area contributed by atoms with Gasteiger partial charge in [0, 0.05) is 11.4 Å². The van der Waals surface area contributed by atoms with Crippen LogP contribution in [0.15, 0.2) is 30.3 Å². The number of rotatable bonds is 4. The van der Waals surface area contributed by atoms with Gasteiger partial charge in [-0.15, -0.1) is 0 Å². The lowest BCUT2D eigenvalue weighted by Crippen LogP contribution is -2.21. The van der Waals surface area contributed by atoms with Crippen LogP contribution in [0.3, 0.4) is 0 Å². The Balaban J connectivity index is 2.03. The highest BCUT2D eigenvalue weighted by molar-refractivity contribution is 5.93. The SMILES string of the molecule is Cc1cc(C)c(OCC(=O)Nc2cc(N)ccc2C)c(C)c1. The molecule has 0 atom stereocenters. The van der Waals surface area contributed by atoms with E-state index in [1.165, 1.54) is 5.56 Å². The molecule has 0 spiro atoms. The molecule has 2 aromatic rings. The van der Waals surface area contributed by atoms with Crippen LogP contribution < -0.4 is 15.8 Å². The second-order valence-electron chi connectivity index (χ2n) is 5.64. The van der Waals surface area contributed by atoms with Gasteiger partial charge >= 0.3 is 0 Å². The summed E-state index contributed by atoms with van der Waals surface area (Å²) in [6.45, 7) is 7.90. The predicted molar refractivity (Wildman–Crippen MR) is 90.4 cm³/mol. The third kappa shape index (κ3) is 3.79. The molecule has 0 radical (unpaired) electrons. The van der Waals surface area contributed by atoms with E-state index in [2.05, 4.69) is 5.32 Å². The van der Waals surface area contributed by atoms with Crippen molar-refractivity contribution in [1.29, 1.82) is 0 Å². The molecule has 0 fully saturated rings. The first kappa shape index (κ1) is 15.9. The average molecular weight is 298 g/mol. The van der Waals surface area contributed by atoms with E-state index in [1.54, 1.807) is 12.1 Å². The number of carbonyl (C=O) groups excluding carboxylic acids is 1. The maximum atomic E-state index is 12.1. The fraction of sp³-hybridized carbons (Fsp3) is 0.278. The second-order valence-corrected chi connectivity index (χ2v) is 5.64. The van der Waals surface area contributed by atoms with Crippen molar-refractivity contribution in [3.63, 3.8) is 0 Å². The minimum Gasteiger partial charge on any atom is -0.483 e. The molecule has 0 aromatic heterocycles. The van der Waals surface area contributed by atoms with Crippen LogP contribution in [0.25, 0.3) is 0 Å². The summed E-state index contributed by atoms with van der Waals surface area (Å²) < 4.78 is 5.68. The van der Waals surface area contributed by atoms with Gasteiger partial charge in [-0.25, -0.2) is 0 Å². The minimum atomic E-state index is -0.201. The zero-order valence-corrected chi connectivity index (χ0v) is 13.5. The Labute approximate surface area is 131 Å². The minimum absolute atomic E-state index is 0.0288. The number of hydrogen-bond donors (Lipinski definition) is 2. The van der Waals surface area contributed by atoms with E-state index in [0.717, 1.165) is 22.4 Å². The molecule has 116 valence electrons. The molecule has 0 saturated carbocycles. The topological polar surface area (TPSA) is 64.3 Å². The molecule has 22 heavy (non-hydrogen) atoms. The van der Waals surface area contributed by atoms with Gasteiger partial charge in [0.2, 0.25) is 0 Å². The van der Waals surface area contributed by atoms with Crippen LogP contribution in [0.1, 0.15) is 22.3 Å². The Morgan fingerprint density at radius 2 is 1.68 bits per heavy atom. The standard InChI is InChI=1S/C18H22N2O2/c1-11-7-13(3)18(14(4)8-11)22-10-17(21)20-16-9-15(19)6-5-12(16)2/h5-9H,10,19H2,1-4H3,(H,20,21). The molecule has 0 unspecified atom stereocenters. The zero-order chi connectivity index (χ0) is 16.3. The molecule has 4 nitrogen and oxygen atoms in total. The lowest BCUT2D eigenvalue weighted by Gasteiger charge is -2.14. The zero-order valence-electron chi connectivity index (χ0n) is 13.5. The highest BCUT2D eigenvalue weighted by atomic mass is 16.5. The number of aryl methyl sites for hydroxylation is 4. The molecule has 0 heterocycles. The van der Waals surface area contributed by atoms with Gasteiger partial charge in [0.15, 0.2) is 6.61 Å². The number of carbonyl (C=O) groups is 1. The largest absolute Gasteiger partial charge is 0.483 e. The molecule has 1 amide bonds. The lowest BCUT2D eigenvalue weighted by molar-refractivity contribution is -0.118. The summed E-state index contributed by atoms with van der Waals surface area (Å²) in [6.07, 6.45) is 0. The smallest absolute Gasteiger partial charge is 0.262 e. The monoisotopic (exact) mass is 298 g/mol. The first-order valence-electron chi connectivity index (χ1n) is 7.23. The Morgan fingerprint density at radius 3 is 2.32 bits per heavy atom. The maximum Gasteiger partial charge on any atom is 0.262 e. The van der Waals surface area contributed by atoms with E-state index >= 15 is 0 Å². The Bertz CT molecular complexity index is 685. The summed E-state index contributed by atoms with van der Waals surface area (Å²) in [5.41, 5.74) is 11.3. The van der Waals surface area contributed by atoms with Gasteiger partial charge in [-0.05, 0) is 56.5 Å². The molecule has 4 heteroatoms. The number of nitrogens with one attached hydrogen (secondary N) is 1. The summed E-state index contributed by atoms with van der Waals surface area (Å²) in [6, 6.07) is 9.51. The molecular formula is C18H22N2O2. The molecule has 0 bridgehead atoms. The first-order valence-corrected chi connectivity index (χ1v) is 7.23. The van der Waals surface area contributed by atoms with Gasteiger partial charge in [0.05, 0.1) is 0 Å². The van der Waals surface area contributed by atoms with Crippen LogP contribution in [0.4, 0.5) is 11.4 Å². The normalized spacial score (nSPS) is 10.4. The molecule has 0 aliphatic heterocycles. The molecule has 2 rings (SSSR count). The van der Waals surface area contributed by atoms with Crippen molar-refractivity contribution in [2.45, 2.75) is 27.7 Å². The van der Waals surface area contributed by atoms with Crippen LogP contribution in [-0.2, 0) is 4.79 Å². The van der Waals surface area contributed by atoms with E-state index in [0.29, 0.717) is 11.4 Å². The third-order valence-corrected chi connectivity index (χ3v) is 3.49. The summed E-state index contributed by atoms with van der Waals surface area (Å²) in [5.74, 6) is 0.568. The van der Waals surface area contributed by atoms with Gasteiger partial charge in [-0.1, -0.05) is 23.8 Å². The second kappa shape index (κ2) is 6.52. The van der Waals surface area contributed by atoms with Crippen LogP contribution >= 0.6 is 0 Å². The van der Waals surface area contributed by atoms with Gasteiger partial charge in [0.25, 0.3) is 5.91 Å². The summed E-state index contributed by atoms with van der Waals surface area (Å²) in [7, 11) is 0. The number of benzene rings is 2. The van der Waals surface area contributed by atoms with E-state index in [-0.39, 0.29) is 12.5 Å². The Morgan fingerprint density at radius 1 is 1.05 bits per heavy atom. The van der Waals surface area contributed by atoms with Crippen LogP contribution in [0.2, 0.25) is 0 Å².